The highest BCUT2D eigenvalue weighted by atomic mass is 16.2. The van der Waals surface area contributed by atoms with Crippen LogP contribution in [-0.2, 0) is 6.54 Å². The lowest BCUT2D eigenvalue weighted by Gasteiger charge is -2.26. The Morgan fingerprint density at radius 1 is 1.15 bits per heavy atom. The number of nitrogens with one attached hydrogen (secondary N) is 3. The predicted octanol–water partition coefficient (Wildman–Crippen LogP) is 2.89. The van der Waals surface area contributed by atoms with Crippen LogP contribution >= 0.6 is 0 Å². The van der Waals surface area contributed by atoms with E-state index in [1.54, 1.807) is 32.4 Å². The number of anilines is 2. The summed E-state index contributed by atoms with van der Waals surface area (Å²) in [7, 11) is 5.26. The average molecular weight is 446 g/mol. The summed E-state index contributed by atoms with van der Waals surface area (Å²) in [5, 5.41) is 15.4. The number of carbonyl (C=O) groups is 2. The second kappa shape index (κ2) is 9.56. The van der Waals surface area contributed by atoms with E-state index in [1.165, 1.54) is 4.90 Å². The molecule has 33 heavy (non-hydrogen) atoms. The third-order valence-electron chi connectivity index (χ3n) is 5.53. The molecule has 2 aliphatic rings. The molecule has 2 aromatic rings. The zero-order valence-corrected chi connectivity index (χ0v) is 18.8. The number of benzene rings is 1. The molecule has 2 heterocycles. The Balaban J connectivity index is 1.44. The first kappa shape index (κ1) is 22.1. The number of nitrogens with zero attached hydrogens (tertiary/aromatic N) is 4. The van der Waals surface area contributed by atoms with Gasteiger partial charge in [0, 0.05) is 51.5 Å². The molecular weight excluding hydrogens is 418 g/mol. The van der Waals surface area contributed by atoms with E-state index in [2.05, 4.69) is 32.1 Å². The van der Waals surface area contributed by atoms with Crippen molar-refractivity contribution in [3.05, 3.63) is 77.6 Å². The fraction of sp³-hybridized carbons (Fsp3) is 0.250. The van der Waals surface area contributed by atoms with Gasteiger partial charge in [-0.2, -0.15) is 5.10 Å². The number of hydrogen-bond acceptors (Lipinski definition) is 6. The summed E-state index contributed by atoms with van der Waals surface area (Å²) in [5.41, 5.74) is 3.00. The van der Waals surface area contributed by atoms with Gasteiger partial charge in [0.25, 0.3) is 5.91 Å². The van der Waals surface area contributed by atoms with Crippen molar-refractivity contribution in [3.63, 3.8) is 0 Å². The number of rotatable bonds is 6. The minimum Gasteiger partial charge on any atom is -0.380 e. The zero-order chi connectivity index (χ0) is 23.4. The molecular formula is C24H27N7O2. The number of para-hydroxylation sites is 1. The highest BCUT2D eigenvalue weighted by Gasteiger charge is 2.32. The number of likely N-dealkylation sites (N-methyl/N-ethyl adjacent to an activating group) is 1. The maximum atomic E-state index is 13.1. The van der Waals surface area contributed by atoms with E-state index in [-0.39, 0.29) is 23.9 Å². The molecule has 170 valence electrons. The molecule has 1 aliphatic heterocycles. The van der Waals surface area contributed by atoms with Crippen LogP contribution in [0, 0.1) is 5.92 Å². The molecule has 1 aromatic heterocycles. The minimum atomic E-state index is -0.248. The predicted molar refractivity (Wildman–Crippen MR) is 129 cm³/mol. The number of hydrogen-bond donors (Lipinski definition) is 3. The summed E-state index contributed by atoms with van der Waals surface area (Å²) in [6, 6.07) is 10.9. The van der Waals surface area contributed by atoms with Gasteiger partial charge in [0.05, 0.1) is 17.5 Å². The third-order valence-corrected chi connectivity index (χ3v) is 5.53. The number of hydrazone groups is 1. The second-order valence-electron chi connectivity index (χ2n) is 8.09. The van der Waals surface area contributed by atoms with Crippen molar-refractivity contribution in [2.45, 2.75) is 12.6 Å². The van der Waals surface area contributed by atoms with Crippen molar-refractivity contribution in [2.24, 2.45) is 11.0 Å². The summed E-state index contributed by atoms with van der Waals surface area (Å²) in [6.07, 6.45) is 9.44. The Hall–Kier alpha value is -4.14. The van der Waals surface area contributed by atoms with Gasteiger partial charge in [0.15, 0.2) is 0 Å². The zero-order valence-electron chi connectivity index (χ0n) is 18.8. The quantitative estimate of drug-likeness (QED) is 0.635. The van der Waals surface area contributed by atoms with Gasteiger partial charge in [-0.1, -0.05) is 24.3 Å². The van der Waals surface area contributed by atoms with Gasteiger partial charge in [-0.25, -0.2) is 9.78 Å². The SMILES string of the molecule is CN(C)C(=O)Nc1cc(CNc2ccccc2C(=O)NC2=CC=CC3C2C=NN3C)ccn1. The summed E-state index contributed by atoms with van der Waals surface area (Å²) >= 11 is 0. The summed E-state index contributed by atoms with van der Waals surface area (Å²) < 4.78 is 0. The van der Waals surface area contributed by atoms with Crippen LogP contribution in [0.1, 0.15) is 15.9 Å². The van der Waals surface area contributed by atoms with Crippen molar-refractivity contribution < 1.29 is 9.59 Å². The van der Waals surface area contributed by atoms with E-state index in [0.717, 1.165) is 11.3 Å². The number of amides is 3. The fourth-order valence-electron chi connectivity index (χ4n) is 3.70. The van der Waals surface area contributed by atoms with Crippen LogP contribution in [0.5, 0.6) is 0 Å². The Labute approximate surface area is 192 Å². The first-order chi connectivity index (χ1) is 15.9. The highest BCUT2D eigenvalue weighted by molar-refractivity contribution is 6.01. The van der Waals surface area contributed by atoms with Gasteiger partial charge < -0.3 is 15.5 Å². The Kier molecular flexibility index (Phi) is 6.39. The summed E-state index contributed by atoms with van der Waals surface area (Å²) in [6.45, 7) is 0.464. The first-order valence-electron chi connectivity index (χ1n) is 10.6. The molecule has 0 fully saturated rings. The summed E-state index contributed by atoms with van der Waals surface area (Å²) in [5.74, 6) is 0.306. The standard InChI is InChI=1S/C24H27N7O2/c1-30(2)24(33)29-22-13-16(11-12-25-22)14-26-19-8-5-4-7-17(19)23(32)28-20-9-6-10-21-18(20)15-27-31(21)3/h4-13,15,18,21,26H,14H2,1-3H3,(H,28,32)(H,25,29,33). The molecule has 2 unspecified atom stereocenters. The fourth-order valence-corrected chi connectivity index (χ4v) is 3.70. The maximum Gasteiger partial charge on any atom is 0.322 e. The molecule has 0 bridgehead atoms. The molecule has 2 atom stereocenters. The van der Waals surface area contributed by atoms with Crippen molar-refractivity contribution in [1.29, 1.82) is 0 Å². The second-order valence-corrected chi connectivity index (χ2v) is 8.09. The van der Waals surface area contributed by atoms with Crippen LogP contribution in [0.25, 0.3) is 0 Å². The molecule has 0 saturated heterocycles. The topological polar surface area (TPSA) is 102 Å². The lowest BCUT2D eigenvalue weighted by atomic mass is 9.93. The van der Waals surface area contributed by atoms with E-state index >= 15 is 0 Å². The lowest BCUT2D eigenvalue weighted by Crippen LogP contribution is -2.36. The minimum absolute atomic E-state index is 0.0247. The number of fused-ring (bicyclic) bond motifs is 1. The Morgan fingerprint density at radius 2 is 1.97 bits per heavy atom. The number of pyridine rings is 1. The molecule has 3 N–H and O–H groups in total. The first-order valence-corrected chi connectivity index (χ1v) is 10.6. The molecule has 3 amide bonds. The Morgan fingerprint density at radius 3 is 2.79 bits per heavy atom. The van der Waals surface area contributed by atoms with Crippen LogP contribution in [0.15, 0.2) is 71.6 Å². The largest absolute Gasteiger partial charge is 0.380 e. The van der Waals surface area contributed by atoms with Gasteiger partial charge >= 0.3 is 6.03 Å². The molecule has 9 nitrogen and oxygen atoms in total. The van der Waals surface area contributed by atoms with Gasteiger partial charge in [-0.3, -0.25) is 15.1 Å². The molecule has 0 radical (unpaired) electrons. The molecule has 1 aromatic carbocycles. The van der Waals surface area contributed by atoms with Gasteiger partial charge in [0.1, 0.15) is 5.82 Å². The van der Waals surface area contributed by atoms with E-state index in [0.29, 0.717) is 23.6 Å². The summed E-state index contributed by atoms with van der Waals surface area (Å²) in [4.78, 5) is 30.6. The van der Waals surface area contributed by atoms with E-state index in [1.807, 2.05) is 54.7 Å². The van der Waals surface area contributed by atoms with E-state index in [9.17, 15) is 9.59 Å². The third kappa shape index (κ3) is 5.03. The van der Waals surface area contributed by atoms with Crippen molar-refractivity contribution in [1.82, 2.24) is 20.2 Å². The van der Waals surface area contributed by atoms with Crippen LogP contribution in [0.2, 0.25) is 0 Å². The number of carbonyl (C=O) groups excluding carboxylic acids is 2. The molecule has 0 spiro atoms. The smallest absolute Gasteiger partial charge is 0.322 e. The van der Waals surface area contributed by atoms with E-state index < -0.39 is 0 Å². The van der Waals surface area contributed by atoms with Crippen molar-refractivity contribution in [2.75, 3.05) is 31.8 Å². The molecule has 1 aliphatic carbocycles. The maximum absolute atomic E-state index is 13.1. The van der Waals surface area contributed by atoms with Crippen molar-refractivity contribution in [3.8, 4) is 0 Å². The van der Waals surface area contributed by atoms with Gasteiger partial charge in [0.2, 0.25) is 0 Å². The van der Waals surface area contributed by atoms with Crippen LogP contribution < -0.4 is 16.0 Å². The lowest BCUT2D eigenvalue weighted by molar-refractivity contribution is 0.0962. The van der Waals surface area contributed by atoms with Crippen molar-refractivity contribution >= 4 is 29.7 Å². The van der Waals surface area contributed by atoms with E-state index in [4.69, 9.17) is 0 Å². The average Bonchev–Trinajstić information content (AvgIpc) is 3.20. The molecule has 0 saturated carbocycles. The molecule has 4 rings (SSSR count). The van der Waals surface area contributed by atoms with Gasteiger partial charge in [-0.05, 0) is 35.9 Å². The number of urea groups is 1. The normalized spacial score (nSPS) is 18.4. The van der Waals surface area contributed by atoms with Crippen LogP contribution in [0.4, 0.5) is 16.3 Å². The highest BCUT2D eigenvalue weighted by Crippen LogP contribution is 2.27. The van der Waals surface area contributed by atoms with Gasteiger partial charge in [-0.15, -0.1) is 0 Å². The Bertz CT molecular complexity index is 1140. The number of allylic oxidation sites excluding steroid dienone is 2. The van der Waals surface area contributed by atoms with Crippen LogP contribution in [-0.4, -0.2) is 60.2 Å². The monoisotopic (exact) mass is 445 g/mol. The number of aromatic nitrogens is 1. The molecule has 9 heteroatoms. The van der Waals surface area contributed by atoms with Crippen LogP contribution in [0.3, 0.4) is 0 Å².